The second-order valence-electron chi connectivity index (χ2n) is 8.18. The Kier molecular flexibility index (Phi) is 6.49. The third-order valence-corrected chi connectivity index (χ3v) is 5.78. The number of ether oxygens (including phenoxy) is 4. The lowest BCUT2D eigenvalue weighted by molar-refractivity contribution is -0.0146. The summed E-state index contributed by atoms with van der Waals surface area (Å²) in [5.74, 6) is 0.618. The zero-order valence-corrected chi connectivity index (χ0v) is 19.7. The molecular weight excluding hydrogens is 446 g/mol. The van der Waals surface area contributed by atoms with Gasteiger partial charge in [-0.05, 0) is 32.0 Å². The monoisotopic (exact) mass is 471 g/mol. The summed E-state index contributed by atoms with van der Waals surface area (Å²) >= 11 is 6.32. The first-order valence-corrected chi connectivity index (χ1v) is 10.9. The van der Waals surface area contributed by atoms with E-state index in [0.29, 0.717) is 58.8 Å². The van der Waals surface area contributed by atoms with E-state index in [1.54, 1.807) is 38.7 Å². The molecule has 1 aliphatic rings. The van der Waals surface area contributed by atoms with Crippen molar-refractivity contribution in [3.05, 3.63) is 52.9 Å². The molecule has 0 atom stereocenters. The number of carbonyl (C=O) groups is 1. The maximum Gasteiger partial charge on any atom is 0.342 e. The van der Waals surface area contributed by atoms with E-state index in [2.05, 4.69) is 15.3 Å². The number of rotatable bonds is 8. The van der Waals surface area contributed by atoms with Gasteiger partial charge >= 0.3 is 5.97 Å². The van der Waals surface area contributed by atoms with Crippen LogP contribution in [-0.4, -0.2) is 49.0 Å². The number of H-pyrrole nitrogens is 1. The van der Waals surface area contributed by atoms with E-state index in [4.69, 9.17) is 30.5 Å². The number of esters is 1. The Balaban J connectivity index is 1.83. The smallest absolute Gasteiger partial charge is 0.342 e. The summed E-state index contributed by atoms with van der Waals surface area (Å²) in [7, 11) is 3.18. The summed E-state index contributed by atoms with van der Waals surface area (Å²) in [5.41, 5.74) is 3.32. The number of hydrogen-bond donors (Lipinski definition) is 2. The number of pyridine rings is 1. The van der Waals surface area contributed by atoms with Gasteiger partial charge in [-0.25, -0.2) is 4.79 Å². The van der Waals surface area contributed by atoms with E-state index < -0.39 is 11.6 Å². The lowest BCUT2D eigenvalue weighted by atomic mass is 10.1. The van der Waals surface area contributed by atoms with Gasteiger partial charge in [-0.1, -0.05) is 17.7 Å². The maximum absolute atomic E-state index is 12.7. The highest BCUT2D eigenvalue weighted by molar-refractivity contribution is 6.32. The molecule has 2 aromatic heterocycles. The molecule has 33 heavy (non-hydrogen) atoms. The molecule has 9 heteroatoms. The highest BCUT2D eigenvalue weighted by Gasteiger charge is 2.30. The normalized spacial score (nSPS) is 13.3. The fraction of sp³-hybridized carbons (Fsp3) is 0.333. The molecule has 2 N–H and O–H groups in total. The molecule has 0 saturated heterocycles. The predicted molar refractivity (Wildman–Crippen MR) is 126 cm³/mol. The topological polar surface area (TPSA) is 94.7 Å². The van der Waals surface area contributed by atoms with Gasteiger partial charge in [-0.2, -0.15) is 0 Å². The highest BCUT2D eigenvalue weighted by atomic mass is 35.5. The first kappa shape index (κ1) is 22.9. The van der Waals surface area contributed by atoms with Crippen molar-refractivity contribution in [2.75, 3.05) is 32.8 Å². The quantitative estimate of drug-likeness (QED) is 0.446. The number of aromatic amines is 1. The SMILES string of the molecule is COc1c(Cl)cccc1Nc1c(-c2ccncc2OCC(C)(C)OC)[nH]c2c1C(=O)OCC2. The molecule has 1 aliphatic heterocycles. The van der Waals surface area contributed by atoms with Gasteiger partial charge < -0.3 is 29.2 Å². The summed E-state index contributed by atoms with van der Waals surface area (Å²) in [6.45, 7) is 4.50. The molecule has 0 bridgehead atoms. The molecule has 8 nitrogen and oxygen atoms in total. The van der Waals surface area contributed by atoms with Crippen LogP contribution < -0.4 is 14.8 Å². The second kappa shape index (κ2) is 9.33. The Bertz CT molecular complexity index is 1170. The Morgan fingerprint density at radius 2 is 2.09 bits per heavy atom. The molecule has 3 heterocycles. The van der Waals surface area contributed by atoms with Gasteiger partial charge in [0.25, 0.3) is 0 Å². The van der Waals surface area contributed by atoms with Gasteiger partial charge in [-0.15, -0.1) is 0 Å². The van der Waals surface area contributed by atoms with Crippen LogP contribution in [0.25, 0.3) is 11.3 Å². The summed E-state index contributed by atoms with van der Waals surface area (Å²) in [6, 6.07) is 7.20. The molecular formula is C24H26ClN3O5. The number of benzene rings is 1. The molecule has 0 spiro atoms. The van der Waals surface area contributed by atoms with Gasteiger partial charge in [0, 0.05) is 31.0 Å². The number of halogens is 1. The summed E-state index contributed by atoms with van der Waals surface area (Å²) in [5, 5.41) is 3.79. The average molecular weight is 472 g/mol. The molecule has 0 saturated carbocycles. The van der Waals surface area contributed by atoms with Crippen LogP contribution in [-0.2, 0) is 15.9 Å². The van der Waals surface area contributed by atoms with Crippen LogP contribution in [0.15, 0.2) is 36.7 Å². The molecule has 0 amide bonds. The number of hydrogen-bond acceptors (Lipinski definition) is 7. The first-order chi connectivity index (χ1) is 15.8. The standard InChI is InChI=1S/C24H26ClN3O5/c1-24(2,31-4)13-33-18-12-26-10-8-14(18)20-21(19-16(27-20)9-11-32-23(19)29)28-17-7-5-6-15(25)22(17)30-3/h5-8,10,12,27-28H,9,11,13H2,1-4H3. The van der Waals surface area contributed by atoms with E-state index in [0.717, 1.165) is 11.3 Å². The Labute approximate surface area is 197 Å². The number of nitrogens with zero attached hydrogens (tertiary/aromatic N) is 1. The number of methoxy groups -OCH3 is 2. The second-order valence-corrected chi connectivity index (χ2v) is 8.59. The van der Waals surface area contributed by atoms with Crippen molar-refractivity contribution >= 4 is 28.9 Å². The van der Waals surface area contributed by atoms with Crippen molar-refractivity contribution in [1.82, 2.24) is 9.97 Å². The van der Waals surface area contributed by atoms with Gasteiger partial charge in [0.15, 0.2) is 5.75 Å². The number of nitrogens with one attached hydrogen (secondary N) is 2. The van der Waals surface area contributed by atoms with Crippen LogP contribution in [0.3, 0.4) is 0 Å². The lowest BCUT2D eigenvalue weighted by Gasteiger charge is -2.23. The van der Waals surface area contributed by atoms with E-state index in [1.807, 2.05) is 26.0 Å². The van der Waals surface area contributed by atoms with Crippen LogP contribution in [0.4, 0.5) is 11.4 Å². The third-order valence-electron chi connectivity index (χ3n) is 5.48. The third kappa shape index (κ3) is 4.62. The zero-order valence-electron chi connectivity index (χ0n) is 19.0. The van der Waals surface area contributed by atoms with Gasteiger partial charge in [0.2, 0.25) is 0 Å². The number of para-hydroxylation sites is 1. The number of carbonyl (C=O) groups excluding carboxylic acids is 1. The summed E-state index contributed by atoms with van der Waals surface area (Å²) < 4.78 is 22.4. The van der Waals surface area contributed by atoms with Crippen molar-refractivity contribution in [2.24, 2.45) is 0 Å². The number of aromatic nitrogens is 2. The van der Waals surface area contributed by atoms with Crippen molar-refractivity contribution in [1.29, 1.82) is 0 Å². The van der Waals surface area contributed by atoms with Crippen molar-refractivity contribution in [3.8, 4) is 22.8 Å². The van der Waals surface area contributed by atoms with Gasteiger partial charge in [0.1, 0.15) is 17.9 Å². The van der Waals surface area contributed by atoms with Crippen LogP contribution in [0, 0.1) is 0 Å². The van der Waals surface area contributed by atoms with Gasteiger partial charge in [0.05, 0.1) is 47.6 Å². The van der Waals surface area contributed by atoms with E-state index in [9.17, 15) is 4.79 Å². The van der Waals surface area contributed by atoms with E-state index >= 15 is 0 Å². The van der Waals surface area contributed by atoms with Gasteiger partial charge in [-0.3, -0.25) is 4.98 Å². The lowest BCUT2D eigenvalue weighted by Crippen LogP contribution is -2.30. The van der Waals surface area contributed by atoms with E-state index in [-0.39, 0.29) is 0 Å². The maximum atomic E-state index is 12.7. The summed E-state index contributed by atoms with van der Waals surface area (Å²) in [4.78, 5) is 20.4. The molecule has 4 rings (SSSR count). The molecule has 0 unspecified atom stereocenters. The minimum Gasteiger partial charge on any atom is -0.493 e. The Hall–Kier alpha value is -3.23. The molecule has 3 aromatic rings. The Morgan fingerprint density at radius 1 is 1.27 bits per heavy atom. The van der Waals surface area contributed by atoms with Crippen molar-refractivity contribution < 1.29 is 23.7 Å². The number of cyclic esters (lactones) is 1. The van der Waals surface area contributed by atoms with Crippen molar-refractivity contribution in [2.45, 2.75) is 25.9 Å². The number of anilines is 2. The average Bonchev–Trinajstić information content (AvgIpc) is 3.17. The van der Waals surface area contributed by atoms with Crippen LogP contribution in [0.1, 0.15) is 29.9 Å². The minimum absolute atomic E-state index is 0.313. The Morgan fingerprint density at radius 3 is 2.85 bits per heavy atom. The van der Waals surface area contributed by atoms with Crippen LogP contribution in [0.2, 0.25) is 5.02 Å². The summed E-state index contributed by atoms with van der Waals surface area (Å²) in [6.07, 6.45) is 3.88. The van der Waals surface area contributed by atoms with E-state index in [1.165, 1.54) is 0 Å². The van der Waals surface area contributed by atoms with Crippen molar-refractivity contribution in [3.63, 3.8) is 0 Å². The molecule has 174 valence electrons. The highest BCUT2D eigenvalue weighted by Crippen LogP contribution is 2.43. The number of fused-ring (bicyclic) bond motifs is 1. The van der Waals surface area contributed by atoms with Crippen LogP contribution in [0.5, 0.6) is 11.5 Å². The molecule has 0 fully saturated rings. The molecule has 0 radical (unpaired) electrons. The fourth-order valence-electron chi connectivity index (χ4n) is 3.57. The molecule has 0 aliphatic carbocycles. The molecule has 1 aromatic carbocycles. The minimum atomic E-state index is -0.485. The predicted octanol–water partition coefficient (Wildman–Crippen LogP) is 5.00. The zero-order chi connectivity index (χ0) is 23.6. The largest absolute Gasteiger partial charge is 0.493 e. The van der Waals surface area contributed by atoms with Crippen LogP contribution >= 0.6 is 11.6 Å². The first-order valence-electron chi connectivity index (χ1n) is 10.5. The fourth-order valence-corrected chi connectivity index (χ4v) is 3.82.